The maximum absolute atomic E-state index is 14.7. The number of anilines is 1. The predicted molar refractivity (Wildman–Crippen MR) is 94.0 cm³/mol. The molecule has 0 atom stereocenters. The molecule has 4 rings (SSSR count). The average molecular weight is 334 g/mol. The molecule has 0 aliphatic carbocycles. The SMILES string of the molecule is Cc1nc(-c2ccc(Oc3ccccc3)cc2F)c2c(N)nccn12. The van der Waals surface area contributed by atoms with Crippen LogP contribution in [0.25, 0.3) is 16.8 Å². The molecule has 4 aromatic rings. The quantitative estimate of drug-likeness (QED) is 0.609. The first-order valence-corrected chi connectivity index (χ1v) is 7.75. The van der Waals surface area contributed by atoms with Crippen LogP contribution in [0, 0.1) is 12.7 Å². The summed E-state index contributed by atoms with van der Waals surface area (Å²) >= 11 is 0. The van der Waals surface area contributed by atoms with Gasteiger partial charge in [0.1, 0.15) is 40.2 Å². The molecule has 25 heavy (non-hydrogen) atoms. The molecular weight excluding hydrogens is 319 g/mol. The lowest BCUT2D eigenvalue weighted by atomic mass is 10.1. The molecule has 6 heteroatoms. The Morgan fingerprint density at radius 2 is 1.88 bits per heavy atom. The zero-order valence-electron chi connectivity index (χ0n) is 13.5. The van der Waals surface area contributed by atoms with Crippen LogP contribution in [0.4, 0.5) is 10.2 Å². The Morgan fingerprint density at radius 3 is 2.64 bits per heavy atom. The third-order valence-electron chi connectivity index (χ3n) is 3.93. The monoisotopic (exact) mass is 334 g/mol. The highest BCUT2D eigenvalue weighted by Gasteiger charge is 2.17. The molecule has 2 heterocycles. The normalized spacial score (nSPS) is 11.0. The van der Waals surface area contributed by atoms with Crippen molar-refractivity contribution in [2.45, 2.75) is 6.92 Å². The lowest BCUT2D eigenvalue weighted by Crippen LogP contribution is -1.96. The molecule has 0 fully saturated rings. The topological polar surface area (TPSA) is 65.4 Å². The number of nitrogens with zero attached hydrogens (tertiary/aromatic N) is 3. The third-order valence-corrected chi connectivity index (χ3v) is 3.93. The number of rotatable bonds is 3. The Morgan fingerprint density at radius 1 is 1.08 bits per heavy atom. The fourth-order valence-corrected chi connectivity index (χ4v) is 2.78. The minimum absolute atomic E-state index is 0.308. The molecule has 0 saturated carbocycles. The Balaban J connectivity index is 1.77. The van der Waals surface area contributed by atoms with Crippen LogP contribution >= 0.6 is 0 Å². The van der Waals surface area contributed by atoms with Crippen molar-refractivity contribution < 1.29 is 9.13 Å². The molecular formula is C19H15FN4O. The largest absolute Gasteiger partial charge is 0.457 e. The molecule has 0 spiro atoms. The van der Waals surface area contributed by atoms with Crippen LogP contribution < -0.4 is 10.5 Å². The summed E-state index contributed by atoms with van der Waals surface area (Å²) in [6.07, 6.45) is 3.34. The van der Waals surface area contributed by atoms with E-state index in [2.05, 4.69) is 9.97 Å². The number of nitrogens with two attached hydrogens (primary N) is 1. The first-order valence-electron chi connectivity index (χ1n) is 7.75. The second kappa shape index (κ2) is 5.90. The molecule has 2 N–H and O–H groups in total. The minimum atomic E-state index is -0.434. The van der Waals surface area contributed by atoms with Crippen LogP contribution in [-0.4, -0.2) is 14.4 Å². The van der Waals surface area contributed by atoms with Crippen LogP contribution in [0.1, 0.15) is 5.82 Å². The number of fused-ring (bicyclic) bond motifs is 1. The summed E-state index contributed by atoms with van der Waals surface area (Å²) in [4.78, 5) is 8.54. The molecule has 0 aliphatic rings. The highest BCUT2D eigenvalue weighted by atomic mass is 19.1. The van der Waals surface area contributed by atoms with Gasteiger partial charge in [-0.15, -0.1) is 0 Å². The number of hydrogen-bond donors (Lipinski definition) is 1. The molecule has 0 unspecified atom stereocenters. The molecule has 2 aromatic carbocycles. The molecule has 0 saturated heterocycles. The van der Waals surface area contributed by atoms with E-state index < -0.39 is 5.82 Å². The van der Waals surface area contributed by atoms with E-state index in [1.54, 1.807) is 28.9 Å². The van der Waals surface area contributed by atoms with Crippen LogP contribution in [0.2, 0.25) is 0 Å². The van der Waals surface area contributed by atoms with Gasteiger partial charge in [-0.1, -0.05) is 18.2 Å². The molecule has 0 bridgehead atoms. The number of para-hydroxylation sites is 1. The van der Waals surface area contributed by atoms with E-state index in [4.69, 9.17) is 10.5 Å². The maximum atomic E-state index is 14.7. The number of imidazole rings is 1. The van der Waals surface area contributed by atoms with Gasteiger partial charge < -0.3 is 10.5 Å². The van der Waals surface area contributed by atoms with Gasteiger partial charge in [0.05, 0.1) is 0 Å². The number of ether oxygens (including phenoxy) is 1. The second-order valence-corrected chi connectivity index (χ2v) is 5.60. The zero-order chi connectivity index (χ0) is 17.4. The smallest absolute Gasteiger partial charge is 0.150 e. The van der Waals surface area contributed by atoms with Gasteiger partial charge >= 0.3 is 0 Å². The molecule has 0 amide bonds. The van der Waals surface area contributed by atoms with E-state index in [9.17, 15) is 4.39 Å². The highest BCUT2D eigenvalue weighted by Crippen LogP contribution is 2.32. The molecule has 2 aromatic heterocycles. The number of aromatic nitrogens is 3. The van der Waals surface area contributed by atoms with Crippen molar-refractivity contribution in [2.24, 2.45) is 0 Å². The Labute approximate surface area is 143 Å². The van der Waals surface area contributed by atoms with Crippen LogP contribution in [-0.2, 0) is 0 Å². The first kappa shape index (κ1) is 15.1. The van der Waals surface area contributed by atoms with Crippen molar-refractivity contribution in [1.29, 1.82) is 0 Å². The fraction of sp³-hybridized carbons (Fsp3) is 0.0526. The number of benzene rings is 2. The van der Waals surface area contributed by atoms with E-state index >= 15 is 0 Å². The number of nitrogen functional groups attached to an aromatic ring is 1. The van der Waals surface area contributed by atoms with E-state index in [0.29, 0.717) is 39.9 Å². The maximum Gasteiger partial charge on any atom is 0.150 e. The van der Waals surface area contributed by atoms with Gasteiger partial charge in [-0.3, -0.25) is 4.40 Å². The standard InChI is InChI=1S/C19H15FN4O/c1-12-23-17(18-19(21)22-9-10-24(12)18)15-8-7-14(11-16(15)20)25-13-5-3-2-4-6-13/h2-11H,1H3,(H2,21,22). The molecule has 0 radical (unpaired) electrons. The Kier molecular flexibility index (Phi) is 3.57. The number of halogens is 1. The van der Waals surface area contributed by atoms with Gasteiger partial charge in [0.15, 0.2) is 0 Å². The summed E-state index contributed by atoms with van der Waals surface area (Å²) in [7, 11) is 0. The van der Waals surface area contributed by atoms with Gasteiger partial charge in [0.2, 0.25) is 0 Å². The van der Waals surface area contributed by atoms with Crippen molar-refractivity contribution >= 4 is 11.3 Å². The van der Waals surface area contributed by atoms with Crippen molar-refractivity contribution in [2.75, 3.05) is 5.73 Å². The van der Waals surface area contributed by atoms with Crippen molar-refractivity contribution in [3.05, 3.63) is 72.6 Å². The van der Waals surface area contributed by atoms with Gasteiger partial charge in [-0.2, -0.15) is 0 Å². The summed E-state index contributed by atoms with van der Waals surface area (Å²) < 4.78 is 22.2. The average Bonchev–Trinajstić information content (AvgIpc) is 2.94. The first-order chi connectivity index (χ1) is 12.1. The van der Waals surface area contributed by atoms with Crippen LogP contribution in [0.15, 0.2) is 60.9 Å². The lowest BCUT2D eigenvalue weighted by molar-refractivity contribution is 0.477. The van der Waals surface area contributed by atoms with E-state index in [1.165, 1.54) is 6.07 Å². The predicted octanol–water partition coefficient (Wildman–Crippen LogP) is 4.22. The summed E-state index contributed by atoms with van der Waals surface area (Å²) in [6.45, 7) is 1.83. The van der Waals surface area contributed by atoms with Gasteiger partial charge in [-0.25, -0.2) is 14.4 Å². The molecule has 124 valence electrons. The fourth-order valence-electron chi connectivity index (χ4n) is 2.78. The number of aryl methyl sites for hydroxylation is 1. The summed E-state index contributed by atoms with van der Waals surface area (Å²) in [5, 5.41) is 0. The van der Waals surface area contributed by atoms with Crippen molar-refractivity contribution in [3.8, 4) is 22.8 Å². The minimum Gasteiger partial charge on any atom is -0.457 e. The molecule has 5 nitrogen and oxygen atoms in total. The van der Waals surface area contributed by atoms with Crippen LogP contribution in [0.3, 0.4) is 0 Å². The Bertz CT molecular complexity index is 1060. The van der Waals surface area contributed by atoms with Crippen molar-refractivity contribution in [1.82, 2.24) is 14.4 Å². The summed E-state index contributed by atoms with van der Waals surface area (Å²) in [6, 6.07) is 13.9. The highest BCUT2D eigenvalue weighted by molar-refractivity contribution is 5.85. The van der Waals surface area contributed by atoms with E-state index in [0.717, 1.165) is 0 Å². The summed E-state index contributed by atoms with van der Waals surface area (Å²) in [5.74, 6) is 1.65. The summed E-state index contributed by atoms with van der Waals surface area (Å²) in [5.41, 5.74) is 7.38. The third kappa shape index (κ3) is 2.67. The van der Waals surface area contributed by atoms with Gasteiger partial charge in [0, 0.05) is 24.0 Å². The lowest BCUT2D eigenvalue weighted by Gasteiger charge is -2.08. The van der Waals surface area contributed by atoms with Gasteiger partial charge in [0.25, 0.3) is 0 Å². The molecule has 0 aliphatic heterocycles. The number of hydrogen-bond acceptors (Lipinski definition) is 4. The van der Waals surface area contributed by atoms with E-state index in [1.807, 2.05) is 37.3 Å². The second-order valence-electron chi connectivity index (χ2n) is 5.60. The van der Waals surface area contributed by atoms with Gasteiger partial charge in [-0.05, 0) is 31.2 Å². The van der Waals surface area contributed by atoms with E-state index in [-0.39, 0.29) is 0 Å². The van der Waals surface area contributed by atoms with Crippen molar-refractivity contribution in [3.63, 3.8) is 0 Å². The Hall–Kier alpha value is -3.41. The van der Waals surface area contributed by atoms with Crippen LogP contribution in [0.5, 0.6) is 11.5 Å². The zero-order valence-corrected chi connectivity index (χ0v) is 13.5.